The summed E-state index contributed by atoms with van der Waals surface area (Å²) in [5.74, 6) is -0.415. The number of imide groups is 1. The van der Waals surface area contributed by atoms with Crippen LogP contribution in [0.3, 0.4) is 0 Å². The number of carbonyl (C=O) groups excluding carboxylic acids is 2. The summed E-state index contributed by atoms with van der Waals surface area (Å²) in [6, 6.07) is 5.71. The fourth-order valence-electron chi connectivity index (χ4n) is 1.40. The Bertz CT molecular complexity index is 566. The SMILES string of the molecule is O=C1NC(=O)C(=Cc2ccc(OCC(F)(F)F)cc2)S1. The van der Waals surface area contributed by atoms with E-state index in [0.717, 1.165) is 11.8 Å². The van der Waals surface area contributed by atoms with E-state index in [2.05, 4.69) is 10.1 Å². The maximum atomic E-state index is 12.0. The van der Waals surface area contributed by atoms with Crippen LogP contribution in [0.25, 0.3) is 6.08 Å². The van der Waals surface area contributed by atoms with E-state index in [1.54, 1.807) is 0 Å². The molecule has 0 unspecified atom stereocenters. The van der Waals surface area contributed by atoms with Crippen LogP contribution in [0, 0.1) is 0 Å². The summed E-state index contributed by atoms with van der Waals surface area (Å²) in [6.45, 7) is -1.36. The molecule has 1 aromatic rings. The van der Waals surface area contributed by atoms with Gasteiger partial charge in [-0.3, -0.25) is 14.9 Å². The lowest BCUT2D eigenvalue weighted by molar-refractivity contribution is -0.153. The standard InChI is InChI=1S/C12H8F3NO3S/c13-12(14,15)6-19-8-3-1-7(2-4-8)5-9-10(17)16-11(18)20-9/h1-5H,6H2,(H,16,17,18). The molecule has 1 fully saturated rings. The van der Waals surface area contributed by atoms with E-state index in [1.807, 2.05) is 0 Å². The van der Waals surface area contributed by atoms with Gasteiger partial charge in [-0.2, -0.15) is 13.2 Å². The molecular weight excluding hydrogens is 295 g/mol. The number of hydrogen-bond donors (Lipinski definition) is 1. The second-order valence-corrected chi connectivity index (χ2v) is 4.84. The van der Waals surface area contributed by atoms with Crippen molar-refractivity contribution < 1.29 is 27.5 Å². The third kappa shape index (κ3) is 4.02. The first-order valence-corrected chi connectivity index (χ1v) is 6.20. The molecule has 0 bridgehead atoms. The molecule has 20 heavy (non-hydrogen) atoms. The first kappa shape index (κ1) is 14.4. The average Bonchev–Trinajstić information content (AvgIpc) is 2.66. The van der Waals surface area contributed by atoms with Gasteiger partial charge in [0.1, 0.15) is 5.75 Å². The van der Waals surface area contributed by atoms with Crippen LogP contribution in [-0.4, -0.2) is 23.9 Å². The molecule has 0 aliphatic carbocycles. The zero-order chi connectivity index (χ0) is 14.8. The van der Waals surface area contributed by atoms with Crippen molar-refractivity contribution in [3.63, 3.8) is 0 Å². The van der Waals surface area contributed by atoms with Gasteiger partial charge in [0.05, 0.1) is 4.91 Å². The summed E-state index contributed by atoms with van der Waals surface area (Å²) in [4.78, 5) is 22.5. The highest BCUT2D eigenvalue weighted by molar-refractivity contribution is 8.18. The summed E-state index contributed by atoms with van der Waals surface area (Å²) >= 11 is 0.768. The van der Waals surface area contributed by atoms with Crippen LogP contribution in [-0.2, 0) is 4.79 Å². The van der Waals surface area contributed by atoms with Crippen LogP contribution < -0.4 is 10.1 Å². The Morgan fingerprint density at radius 3 is 2.35 bits per heavy atom. The molecule has 1 heterocycles. The van der Waals surface area contributed by atoms with E-state index >= 15 is 0 Å². The predicted octanol–water partition coefficient (Wildman–Crippen LogP) is 2.95. The largest absolute Gasteiger partial charge is 0.484 e. The molecule has 4 nitrogen and oxygen atoms in total. The first-order chi connectivity index (χ1) is 9.33. The lowest BCUT2D eigenvalue weighted by Crippen LogP contribution is -2.19. The quantitative estimate of drug-likeness (QED) is 0.872. The van der Waals surface area contributed by atoms with Gasteiger partial charge in [0.25, 0.3) is 11.1 Å². The fourth-order valence-corrected chi connectivity index (χ4v) is 2.08. The van der Waals surface area contributed by atoms with Crippen LogP contribution in [0.15, 0.2) is 29.2 Å². The van der Waals surface area contributed by atoms with E-state index in [0.29, 0.717) is 5.56 Å². The number of amides is 2. The molecule has 2 rings (SSSR count). The van der Waals surface area contributed by atoms with Crippen LogP contribution in [0.5, 0.6) is 5.75 Å². The third-order valence-corrected chi connectivity index (χ3v) is 3.03. The van der Waals surface area contributed by atoms with E-state index in [1.165, 1.54) is 30.3 Å². The summed E-state index contributed by atoms with van der Waals surface area (Å²) in [5.41, 5.74) is 0.580. The number of carbonyl (C=O) groups is 2. The first-order valence-electron chi connectivity index (χ1n) is 5.38. The van der Waals surface area contributed by atoms with Gasteiger partial charge < -0.3 is 4.74 Å². The highest BCUT2D eigenvalue weighted by Crippen LogP contribution is 2.26. The number of thioether (sulfide) groups is 1. The lowest BCUT2D eigenvalue weighted by Gasteiger charge is -2.08. The molecule has 2 amide bonds. The van der Waals surface area contributed by atoms with Crippen LogP contribution in [0.1, 0.15) is 5.56 Å². The summed E-state index contributed by atoms with van der Waals surface area (Å²) < 4.78 is 40.4. The number of rotatable bonds is 3. The van der Waals surface area contributed by atoms with Gasteiger partial charge in [-0.1, -0.05) is 12.1 Å². The minimum absolute atomic E-state index is 0.0732. The number of benzene rings is 1. The van der Waals surface area contributed by atoms with Crippen molar-refractivity contribution >= 4 is 29.0 Å². The third-order valence-electron chi connectivity index (χ3n) is 2.22. The molecule has 0 spiro atoms. The van der Waals surface area contributed by atoms with E-state index < -0.39 is 23.9 Å². The number of hydrogen-bond acceptors (Lipinski definition) is 4. The summed E-state index contributed by atoms with van der Waals surface area (Å²) in [6.07, 6.45) is -2.92. The van der Waals surface area contributed by atoms with Crippen molar-refractivity contribution in [1.29, 1.82) is 0 Å². The van der Waals surface area contributed by atoms with Gasteiger partial charge in [-0.15, -0.1) is 0 Å². The molecule has 0 saturated carbocycles. The van der Waals surface area contributed by atoms with Crippen molar-refractivity contribution in [2.45, 2.75) is 6.18 Å². The van der Waals surface area contributed by atoms with Crippen molar-refractivity contribution in [2.75, 3.05) is 6.61 Å². The molecule has 1 aliphatic rings. The number of nitrogens with one attached hydrogen (secondary N) is 1. The van der Waals surface area contributed by atoms with E-state index in [-0.39, 0.29) is 10.7 Å². The number of ether oxygens (including phenoxy) is 1. The number of alkyl halides is 3. The van der Waals surface area contributed by atoms with Gasteiger partial charge in [0.15, 0.2) is 6.61 Å². The smallest absolute Gasteiger partial charge is 0.422 e. The zero-order valence-electron chi connectivity index (χ0n) is 9.86. The van der Waals surface area contributed by atoms with Crippen LogP contribution in [0.4, 0.5) is 18.0 Å². The van der Waals surface area contributed by atoms with Gasteiger partial charge in [0.2, 0.25) is 0 Å². The van der Waals surface area contributed by atoms with Gasteiger partial charge in [-0.05, 0) is 35.5 Å². The van der Waals surface area contributed by atoms with E-state index in [9.17, 15) is 22.8 Å². The second kappa shape index (κ2) is 5.58. The molecule has 8 heteroatoms. The monoisotopic (exact) mass is 303 g/mol. The van der Waals surface area contributed by atoms with Crippen molar-refractivity contribution in [2.24, 2.45) is 0 Å². The minimum Gasteiger partial charge on any atom is -0.484 e. The van der Waals surface area contributed by atoms with Crippen molar-refractivity contribution in [1.82, 2.24) is 5.32 Å². The van der Waals surface area contributed by atoms with Crippen LogP contribution in [0.2, 0.25) is 0 Å². The molecular formula is C12H8F3NO3S. The van der Waals surface area contributed by atoms with Gasteiger partial charge >= 0.3 is 6.18 Å². The Morgan fingerprint density at radius 1 is 1.20 bits per heavy atom. The summed E-state index contributed by atoms with van der Waals surface area (Å²) in [5, 5.41) is 1.65. The van der Waals surface area contributed by atoms with Gasteiger partial charge in [-0.25, -0.2) is 0 Å². The molecule has 0 atom stereocenters. The maximum absolute atomic E-state index is 12.0. The highest BCUT2D eigenvalue weighted by atomic mass is 32.2. The molecule has 1 saturated heterocycles. The molecule has 0 aromatic heterocycles. The maximum Gasteiger partial charge on any atom is 0.422 e. The zero-order valence-corrected chi connectivity index (χ0v) is 10.7. The summed E-state index contributed by atoms with van der Waals surface area (Å²) in [7, 11) is 0. The van der Waals surface area contributed by atoms with Crippen LogP contribution >= 0.6 is 11.8 Å². The van der Waals surface area contributed by atoms with E-state index in [4.69, 9.17) is 0 Å². The number of halogens is 3. The predicted molar refractivity (Wildman–Crippen MR) is 67.1 cm³/mol. The van der Waals surface area contributed by atoms with Gasteiger partial charge in [0, 0.05) is 0 Å². The van der Waals surface area contributed by atoms with Crippen molar-refractivity contribution in [3.05, 3.63) is 34.7 Å². The lowest BCUT2D eigenvalue weighted by atomic mass is 10.2. The Labute approximate surface area is 116 Å². The Hall–Kier alpha value is -1.96. The fraction of sp³-hybridized carbons (Fsp3) is 0.167. The topological polar surface area (TPSA) is 55.4 Å². The Kier molecular flexibility index (Phi) is 4.03. The van der Waals surface area contributed by atoms with Crippen molar-refractivity contribution in [3.8, 4) is 5.75 Å². The normalized spacial score (nSPS) is 17.4. The minimum atomic E-state index is -4.39. The molecule has 1 aromatic carbocycles. The molecule has 0 radical (unpaired) electrons. The molecule has 106 valence electrons. The Balaban J connectivity index is 2.03. The Morgan fingerprint density at radius 2 is 1.85 bits per heavy atom. The average molecular weight is 303 g/mol. The molecule has 1 aliphatic heterocycles. The molecule has 1 N–H and O–H groups in total. The second-order valence-electron chi connectivity index (χ2n) is 3.83. The highest BCUT2D eigenvalue weighted by Gasteiger charge is 2.28.